The van der Waals surface area contributed by atoms with Gasteiger partial charge in [0.2, 0.25) is 0 Å². The van der Waals surface area contributed by atoms with Gasteiger partial charge in [-0.15, -0.1) is 0 Å². The van der Waals surface area contributed by atoms with E-state index in [1.54, 1.807) is 0 Å². The highest BCUT2D eigenvalue weighted by atomic mass is 16.4. The van der Waals surface area contributed by atoms with Crippen LogP contribution in [-0.2, 0) is 34.0 Å². The second kappa shape index (κ2) is 14.6. The highest BCUT2D eigenvalue weighted by Gasteiger charge is 2.40. The van der Waals surface area contributed by atoms with Gasteiger partial charge >= 0.3 is 17.9 Å². The largest absolute Gasteiger partial charge is 0.481 e. The Balaban J connectivity index is 0.000000302. The second-order valence-electron chi connectivity index (χ2n) is 9.48. The fourth-order valence-corrected chi connectivity index (χ4v) is 4.04. The lowest BCUT2D eigenvalue weighted by atomic mass is 9.96. The van der Waals surface area contributed by atoms with E-state index in [9.17, 15) is 14.4 Å². The summed E-state index contributed by atoms with van der Waals surface area (Å²) >= 11 is 0. The van der Waals surface area contributed by atoms with Crippen molar-refractivity contribution in [1.29, 1.82) is 0 Å². The molecule has 0 radical (unpaired) electrons. The Hall–Kier alpha value is -4.75. The third kappa shape index (κ3) is 10.1. The van der Waals surface area contributed by atoms with Gasteiger partial charge < -0.3 is 29.4 Å². The first-order chi connectivity index (χ1) is 19.5. The second-order valence-corrected chi connectivity index (χ2v) is 9.48. The van der Waals surface area contributed by atoms with Crippen LogP contribution >= 0.6 is 0 Å². The zero-order valence-corrected chi connectivity index (χ0v) is 22.5. The minimum Gasteiger partial charge on any atom is -0.481 e. The number of nitrogens with zero attached hydrogens (tertiary/aromatic N) is 5. The molecule has 0 atom stereocenters. The number of carboxylic acid groups (broad SMARTS) is 3. The van der Waals surface area contributed by atoms with Gasteiger partial charge in [0.15, 0.2) is 5.60 Å². The zero-order chi connectivity index (χ0) is 29.8. The number of carbonyl (C=O) groups is 3. The van der Waals surface area contributed by atoms with E-state index in [1.807, 2.05) is 60.8 Å². The molecule has 0 aliphatic carbocycles. The van der Waals surface area contributed by atoms with Crippen molar-refractivity contribution in [2.75, 3.05) is 6.54 Å². The highest BCUT2D eigenvalue weighted by molar-refractivity contribution is 5.88. The lowest BCUT2D eigenvalue weighted by Crippen LogP contribution is -2.42. The summed E-state index contributed by atoms with van der Waals surface area (Å²) < 4.78 is 9.84. The van der Waals surface area contributed by atoms with Gasteiger partial charge in [0, 0.05) is 43.8 Å². The first-order valence-corrected chi connectivity index (χ1v) is 12.8. The molecular formula is C28H33N5O8. The van der Waals surface area contributed by atoms with E-state index >= 15 is 0 Å². The first kappa shape index (κ1) is 30.8. The standard InChI is InChI=1S/C22H25N5O.C6H8O7/c1-19-8-9-22(28-19)17-26(12-5-11-25-13-10-23-18-25)15-20-14-24-27(16-20)21-6-3-2-4-7-21;7-3(8)1-6(13,5(11)12)2-4(9)10/h2-4,6-10,13-14,16,18H,5,11-12,15,17H2,1H3;13H,1-2H2,(H,7,8)(H,9,10)(H,11,12). The number of imidazole rings is 1. The monoisotopic (exact) mass is 567 g/mol. The average Bonchev–Trinajstić information content (AvgIpc) is 3.67. The SMILES string of the molecule is Cc1ccc(CN(CCCn2ccnc2)Cc2cnn(-c3ccccc3)c2)o1.O=C(O)CC(O)(CC(=O)O)C(=O)O. The van der Waals surface area contributed by atoms with Crippen LogP contribution in [0.4, 0.5) is 0 Å². The van der Waals surface area contributed by atoms with Gasteiger partial charge in [-0.1, -0.05) is 18.2 Å². The summed E-state index contributed by atoms with van der Waals surface area (Å²) in [6.07, 6.45) is 8.50. The van der Waals surface area contributed by atoms with Gasteiger partial charge in [0.1, 0.15) is 11.5 Å². The Morgan fingerprint density at radius 1 is 1.00 bits per heavy atom. The number of hydrogen-bond acceptors (Lipinski definition) is 8. The molecule has 1 aromatic carbocycles. The predicted octanol–water partition coefficient (Wildman–Crippen LogP) is 2.81. The topological polar surface area (TPSA) is 184 Å². The van der Waals surface area contributed by atoms with Crippen LogP contribution in [0.3, 0.4) is 0 Å². The summed E-state index contributed by atoms with van der Waals surface area (Å²) in [5, 5.41) is 38.3. The van der Waals surface area contributed by atoms with Crippen LogP contribution in [0.1, 0.15) is 36.3 Å². The number of aryl methyl sites for hydroxylation is 2. The fourth-order valence-electron chi connectivity index (χ4n) is 4.04. The van der Waals surface area contributed by atoms with Crippen molar-refractivity contribution in [3.63, 3.8) is 0 Å². The molecule has 4 rings (SSSR count). The Morgan fingerprint density at radius 2 is 1.71 bits per heavy atom. The van der Waals surface area contributed by atoms with Crippen LogP contribution in [0.2, 0.25) is 0 Å². The smallest absolute Gasteiger partial charge is 0.336 e. The molecule has 13 heteroatoms. The average molecular weight is 568 g/mol. The summed E-state index contributed by atoms with van der Waals surface area (Å²) in [5.41, 5.74) is -0.477. The van der Waals surface area contributed by atoms with E-state index in [0.29, 0.717) is 0 Å². The van der Waals surface area contributed by atoms with Crippen molar-refractivity contribution in [3.05, 3.63) is 90.7 Å². The number of aliphatic hydroxyl groups is 1. The molecule has 4 N–H and O–H groups in total. The Kier molecular flexibility index (Phi) is 11.0. The maximum atomic E-state index is 10.3. The van der Waals surface area contributed by atoms with Crippen LogP contribution < -0.4 is 0 Å². The molecule has 0 bridgehead atoms. The third-order valence-corrected chi connectivity index (χ3v) is 5.97. The number of rotatable bonds is 14. The molecular weight excluding hydrogens is 534 g/mol. The van der Waals surface area contributed by atoms with Crippen LogP contribution in [0.15, 0.2) is 78.0 Å². The number of aromatic nitrogens is 4. The van der Waals surface area contributed by atoms with Crippen LogP contribution in [-0.4, -0.2) is 74.7 Å². The van der Waals surface area contributed by atoms with Crippen molar-refractivity contribution >= 4 is 17.9 Å². The Bertz CT molecular complexity index is 1380. The molecule has 218 valence electrons. The van der Waals surface area contributed by atoms with E-state index in [2.05, 4.69) is 43.9 Å². The lowest BCUT2D eigenvalue weighted by Gasteiger charge is -2.20. The summed E-state index contributed by atoms with van der Waals surface area (Å²) in [7, 11) is 0. The molecule has 0 saturated heterocycles. The lowest BCUT2D eigenvalue weighted by molar-refractivity contribution is -0.170. The number of hydrogen-bond donors (Lipinski definition) is 4. The highest BCUT2D eigenvalue weighted by Crippen LogP contribution is 2.16. The first-order valence-electron chi connectivity index (χ1n) is 12.8. The normalized spacial score (nSPS) is 11.2. The fraction of sp³-hybridized carbons (Fsp3) is 0.321. The number of carboxylic acids is 3. The van der Waals surface area contributed by atoms with Crippen molar-refractivity contribution < 1.29 is 39.2 Å². The molecule has 0 spiro atoms. The molecule has 41 heavy (non-hydrogen) atoms. The van der Waals surface area contributed by atoms with Crippen molar-refractivity contribution in [2.45, 2.75) is 51.4 Å². The van der Waals surface area contributed by atoms with Crippen LogP contribution in [0.5, 0.6) is 0 Å². The summed E-state index contributed by atoms with van der Waals surface area (Å²) in [4.78, 5) is 37.0. The van der Waals surface area contributed by atoms with Crippen molar-refractivity contribution in [1.82, 2.24) is 24.2 Å². The van der Waals surface area contributed by atoms with Gasteiger partial charge in [-0.05, 0) is 37.6 Å². The van der Waals surface area contributed by atoms with Gasteiger partial charge in [0.25, 0.3) is 0 Å². The summed E-state index contributed by atoms with van der Waals surface area (Å²) in [6, 6.07) is 14.3. The molecule has 0 fully saturated rings. The molecule has 3 heterocycles. The van der Waals surface area contributed by atoms with Crippen LogP contribution in [0, 0.1) is 6.92 Å². The predicted molar refractivity (Wildman–Crippen MR) is 145 cm³/mol. The number of benzene rings is 1. The van der Waals surface area contributed by atoms with E-state index in [1.165, 1.54) is 5.56 Å². The molecule has 13 nitrogen and oxygen atoms in total. The van der Waals surface area contributed by atoms with E-state index in [-0.39, 0.29) is 0 Å². The molecule has 0 amide bonds. The number of para-hydroxylation sites is 1. The maximum Gasteiger partial charge on any atom is 0.336 e. The van der Waals surface area contributed by atoms with E-state index < -0.39 is 36.4 Å². The Morgan fingerprint density at radius 3 is 2.27 bits per heavy atom. The van der Waals surface area contributed by atoms with Gasteiger partial charge in [-0.25, -0.2) is 14.5 Å². The minimum absolute atomic E-state index is 0.786. The minimum atomic E-state index is -2.74. The third-order valence-electron chi connectivity index (χ3n) is 5.97. The number of furan rings is 1. The molecule has 0 aliphatic rings. The van der Waals surface area contributed by atoms with Crippen molar-refractivity contribution in [3.8, 4) is 5.69 Å². The van der Waals surface area contributed by atoms with Gasteiger partial charge in [-0.3, -0.25) is 14.5 Å². The summed E-state index contributed by atoms with van der Waals surface area (Å²) in [5.74, 6) is -3.07. The Labute approximate surface area is 235 Å². The quantitative estimate of drug-likeness (QED) is 0.176. The van der Waals surface area contributed by atoms with Crippen LogP contribution in [0.25, 0.3) is 5.69 Å². The van der Waals surface area contributed by atoms with Gasteiger partial charge in [0.05, 0.1) is 37.6 Å². The van der Waals surface area contributed by atoms with E-state index in [4.69, 9.17) is 24.8 Å². The molecule has 4 aromatic rings. The van der Waals surface area contributed by atoms with Gasteiger partial charge in [-0.2, -0.15) is 5.10 Å². The maximum absolute atomic E-state index is 10.3. The zero-order valence-electron chi connectivity index (χ0n) is 22.5. The van der Waals surface area contributed by atoms with E-state index in [0.717, 1.165) is 49.8 Å². The molecule has 0 aliphatic heterocycles. The summed E-state index contributed by atoms with van der Waals surface area (Å²) in [6.45, 7) is 5.52. The molecule has 0 saturated carbocycles. The van der Waals surface area contributed by atoms with Crippen molar-refractivity contribution in [2.24, 2.45) is 0 Å². The molecule has 0 unspecified atom stereocenters. The number of aliphatic carboxylic acids is 3. The molecule has 3 aromatic heterocycles.